The summed E-state index contributed by atoms with van der Waals surface area (Å²) >= 11 is 0. The van der Waals surface area contributed by atoms with E-state index in [-0.39, 0.29) is 30.4 Å². The number of sulfonamides is 1. The minimum absolute atomic E-state index is 0. The molecule has 0 saturated carbocycles. The van der Waals surface area contributed by atoms with Gasteiger partial charge < -0.3 is 20.5 Å². The van der Waals surface area contributed by atoms with Crippen molar-refractivity contribution >= 4 is 28.3 Å². The second-order valence-corrected chi connectivity index (χ2v) is 6.80. The monoisotopic (exact) mass is 379 g/mol. The molecule has 1 aromatic rings. The maximum atomic E-state index is 12.4. The van der Waals surface area contributed by atoms with E-state index in [0.29, 0.717) is 24.7 Å². The molecule has 2 rings (SSSR count). The highest BCUT2D eigenvalue weighted by atomic mass is 35.5. The van der Waals surface area contributed by atoms with Gasteiger partial charge in [0.05, 0.1) is 24.2 Å². The molecule has 1 aliphatic rings. The van der Waals surface area contributed by atoms with Gasteiger partial charge in [-0.2, -0.15) is 4.72 Å². The topological polar surface area (TPSA) is 120 Å². The lowest BCUT2D eigenvalue weighted by atomic mass is 10.3. The first-order valence-corrected chi connectivity index (χ1v) is 8.82. The Morgan fingerprint density at radius 3 is 2.62 bits per heavy atom. The molecule has 1 aromatic carbocycles. The summed E-state index contributed by atoms with van der Waals surface area (Å²) in [4.78, 5) is 11.8. The number of hydrogen-bond acceptors (Lipinski definition) is 6. The molecule has 0 aromatic heterocycles. The van der Waals surface area contributed by atoms with Gasteiger partial charge in [-0.05, 0) is 19.1 Å². The Hall–Kier alpha value is -1.55. The molecular weight excluding hydrogens is 358 g/mol. The number of nitrogens with one attached hydrogen (secondary N) is 2. The van der Waals surface area contributed by atoms with Gasteiger partial charge in [-0.25, -0.2) is 8.42 Å². The molecule has 4 N–H and O–H groups in total. The first-order valence-electron chi connectivity index (χ1n) is 7.34. The maximum absolute atomic E-state index is 12.4. The van der Waals surface area contributed by atoms with Crippen LogP contribution in [0.1, 0.15) is 13.3 Å². The van der Waals surface area contributed by atoms with Crippen LogP contribution in [-0.2, 0) is 14.8 Å². The SMILES string of the molecule is CC(NS(=O)(=O)c1ccc2c(c1)OCCCO2)C(=O)NCCN.Cl. The van der Waals surface area contributed by atoms with E-state index in [4.69, 9.17) is 15.2 Å². The minimum Gasteiger partial charge on any atom is -0.490 e. The quantitative estimate of drug-likeness (QED) is 0.640. The molecule has 0 fully saturated rings. The van der Waals surface area contributed by atoms with E-state index >= 15 is 0 Å². The predicted octanol–water partition coefficient (Wildman–Crippen LogP) is 0.0114. The van der Waals surface area contributed by atoms with Crippen molar-refractivity contribution in [2.24, 2.45) is 5.73 Å². The zero-order valence-corrected chi connectivity index (χ0v) is 14.9. The molecule has 8 nitrogen and oxygen atoms in total. The Balaban J connectivity index is 0.00000288. The molecule has 1 unspecified atom stereocenters. The van der Waals surface area contributed by atoms with E-state index in [1.165, 1.54) is 19.1 Å². The van der Waals surface area contributed by atoms with Crippen LogP contribution in [0, 0.1) is 0 Å². The van der Waals surface area contributed by atoms with Crippen molar-refractivity contribution in [3.8, 4) is 11.5 Å². The number of amides is 1. The van der Waals surface area contributed by atoms with Gasteiger partial charge in [-0.15, -0.1) is 12.4 Å². The molecule has 1 atom stereocenters. The van der Waals surface area contributed by atoms with Crippen molar-refractivity contribution in [2.75, 3.05) is 26.3 Å². The van der Waals surface area contributed by atoms with Crippen LogP contribution in [0.2, 0.25) is 0 Å². The highest BCUT2D eigenvalue weighted by Gasteiger charge is 2.23. The fourth-order valence-corrected chi connectivity index (χ4v) is 3.23. The lowest BCUT2D eigenvalue weighted by Crippen LogP contribution is -2.45. The van der Waals surface area contributed by atoms with Crippen LogP contribution in [0.4, 0.5) is 0 Å². The van der Waals surface area contributed by atoms with Crippen LogP contribution in [-0.4, -0.2) is 46.7 Å². The average Bonchev–Trinajstić information content (AvgIpc) is 2.76. The van der Waals surface area contributed by atoms with Crippen LogP contribution in [0.3, 0.4) is 0 Å². The molecule has 0 saturated heterocycles. The zero-order valence-electron chi connectivity index (χ0n) is 13.3. The van der Waals surface area contributed by atoms with Crippen LogP contribution < -0.4 is 25.2 Å². The summed E-state index contributed by atoms with van der Waals surface area (Å²) < 4.78 is 38.0. The van der Waals surface area contributed by atoms with Crippen molar-refractivity contribution in [1.29, 1.82) is 0 Å². The van der Waals surface area contributed by atoms with Crippen molar-refractivity contribution < 1.29 is 22.7 Å². The van der Waals surface area contributed by atoms with Gasteiger partial charge in [0.1, 0.15) is 0 Å². The van der Waals surface area contributed by atoms with Crippen LogP contribution >= 0.6 is 12.4 Å². The summed E-state index contributed by atoms with van der Waals surface area (Å²) in [6.45, 7) is 3.02. The molecule has 24 heavy (non-hydrogen) atoms. The standard InChI is InChI=1S/C14H21N3O5S.ClH/c1-10(14(18)16-6-5-15)17-23(19,20)11-3-4-12-13(9-11)22-8-2-7-21-12;/h3-4,9-10,17H,2,5-8,15H2,1H3,(H,16,18);1H. The third-order valence-electron chi connectivity index (χ3n) is 3.20. The summed E-state index contributed by atoms with van der Waals surface area (Å²) in [6.07, 6.45) is 0.730. The molecule has 0 radical (unpaired) electrons. The van der Waals surface area contributed by atoms with Crippen LogP contribution in [0.15, 0.2) is 23.1 Å². The molecule has 1 amide bonds. The third-order valence-corrected chi connectivity index (χ3v) is 4.74. The second-order valence-electron chi connectivity index (χ2n) is 5.08. The van der Waals surface area contributed by atoms with Crippen LogP contribution in [0.5, 0.6) is 11.5 Å². The number of carbonyl (C=O) groups excluding carboxylic acids is 1. The van der Waals surface area contributed by atoms with Gasteiger partial charge in [0.25, 0.3) is 0 Å². The molecule has 136 valence electrons. The highest BCUT2D eigenvalue weighted by molar-refractivity contribution is 7.89. The largest absolute Gasteiger partial charge is 0.490 e. The number of fused-ring (bicyclic) bond motifs is 1. The molecule has 10 heteroatoms. The van der Waals surface area contributed by atoms with E-state index in [1.54, 1.807) is 6.07 Å². The second kappa shape index (κ2) is 9.07. The highest BCUT2D eigenvalue weighted by Crippen LogP contribution is 2.31. The van der Waals surface area contributed by atoms with E-state index in [1.807, 2.05) is 0 Å². The Labute approximate surface area is 147 Å². The van der Waals surface area contributed by atoms with Gasteiger partial charge in [0.15, 0.2) is 11.5 Å². The number of halogens is 1. The van der Waals surface area contributed by atoms with Gasteiger partial charge in [-0.3, -0.25) is 4.79 Å². The number of carbonyl (C=O) groups is 1. The van der Waals surface area contributed by atoms with Crippen LogP contribution in [0.25, 0.3) is 0 Å². The lowest BCUT2D eigenvalue weighted by molar-refractivity contribution is -0.122. The number of ether oxygens (including phenoxy) is 2. The van der Waals surface area contributed by atoms with E-state index in [9.17, 15) is 13.2 Å². The minimum atomic E-state index is -3.85. The van der Waals surface area contributed by atoms with Gasteiger partial charge in [-0.1, -0.05) is 0 Å². The van der Waals surface area contributed by atoms with Crippen molar-refractivity contribution in [3.05, 3.63) is 18.2 Å². The zero-order chi connectivity index (χ0) is 16.9. The fraction of sp³-hybridized carbons (Fsp3) is 0.500. The number of hydrogen-bond donors (Lipinski definition) is 3. The third kappa shape index (κ3) is 5.23. The molecule has 1 heterocycles. The maximum Gasteiger partial charge on any atom is 0.241 e. The lowest BCUT2D eigenvalue weighted by Gasteiger charge is -2.15. The molecule has 0 bridgehead atoms. The fourth-order valence-electron chi connectivity index (χ4n) is 2.01. The summed E-state index contributed by atoms with van der Waals surface area (Å²) in [5.41, 5.74) is 5.29. The summed E-state index contributed by atoms with van der Waals surface area (Å²) in [5, 5.41) is 2.53. The van der Waals surface area contributed by atoms with E-state index in [0.717, 1.165) is 6.42 Å². The van der Waals surface area contributed by atoms with Crippen molar-refractivity contribution in [1.82, 2.24) is 10.0 Å². The molecule has 1 aliphatic heterocycles. The van der Waals surface area contributed by atoms with Crippen molar-refractivity contribution in [2.45, 2.75) is 24.3 Å². The summed E-state index contributed by atoms with van der Waals surface area (Å²) in [7, 11) is -3.85. The predicted molar refractivity (Wildman–Crippen MR) is 91.1 cm³/mol. The van der Waals surface area contributed by atoms with Gasteiger partial charge in [0.2, 0.25) is 15.9 Å². The number of benzene rings is 1. The summed E-state index contributed by atoms with van der Waals surface area (Å²) in [5.74, 6) is 0.453. The smallest absolute Gasteiger partial charge is 0.241 e. The summed E-state index contributed by atoms with van der Waals surface area (Å²) in [6, 6.07) is 3.45. The van der Waals surface area contributed by atoms with Gasteiger partial charge >= 0.3 is 0 Å². The number of nitrogens with two attached hydrogens (primary N) is 1. The number of rotatable bonds is 6. The Morgan fingerprint density at radius 2 is 1.96 bits per heavy atom. The molecule has 0 aliphatic carbocycles. The average molecular weight is 380 g/mol. The Morgan fingerprint density at radius 1 is 1.29 bits per heavy atom. The van der Waals surface area contributed by atoms with Crippen molar-refractivity contribution in [3.63, 3.8) is 0 Å². The first kappa shape index (κ1) is 20.5. The normalized spacial score (nSPS) is 14.9. The molecular formula is C14H22ClN3O5S. The first-order chi connectivity index (χ1) is 10.9. The molecule has 0 spiro atoms. The van der Waals surface area contributed by atoms with E-state index in [2.05, 4.69) is 10.0 Å². The Kier molecular flexibility index (Phi) is 7.74. The Bertz CT molecular complexity index is 668. The van der Waals surface area contributed by atoms with Gasteiger partial charge in [0, 0.05) is 25.6 Å². The van der Waals surface area contributed by atoms with E-state index < -0.39 is 22.0 Å².